The van der Waals surface area contributed by atoms with E-state index < -0.39 is 0 Å². The first kappa shape index (κ1) is 12.5. The van der Waals surface area contributed by atoms with Gasteiger partial charge in [0.25, 0.3) is 0 Å². The third-order valence-corrected chi connectivity index (χ3v) is 5.98. The first-order valence-electron chi connectivity index (χ1n) is 8.15. The number of hydrogen-bond acceptors (Lipinski definition) is 3. The largest absolute Gasteiger partial charge is 0.396 e. The lowest BCUT2D eigenvalue weighted by Gasteiger charge is -2.54. The van der Waals surface area contributed by atoms with Crippen molar-refractivity contribution in [2.45, 2.75) is 39.0 Å². The van der Waals surface area contributed by atoms with E-state index in [9.17, 15) is 0 Å². The number of nitrogens with one attached hydrogen (secondary N) is 1. The van der Waals surface area contributed by atoms with Crippen LogP contribution in [0.1, 0.15) is 37.7 Å². The van der Waals surface area contributed by atoms with E-state index >= 15 is 0 Å². The Labute approximate surface area is 121 Å². The number of nitrogens with two attached hydrogens (primary N) is 1. The highest BCUT2D eigenvalue weighted by atomic mass is 15.0. The van der Waals surface area contributed by atoms with Gasteiger partial charge in [0.1, 0.15) is 5.82 Å². The minimum Gasteiger partial charge on any atom is -0.396 e. The highest BCUT2D eigenvalue weighted by Gasteiger charge is 2.47. The van der Waals surface area contributed by atoms with E-state index in [0.29, 0.717) is 0 Å². The summed E-state index contributed by atoms with van der Waals surface area (Å²) >= 11 is 0. The number of nitrogen functional groups attached to an aromatic ring is 1. The number of nitrogens with zero attached hydrogens (tertiary/aromatic N) is 1. The fourth-order valence-electron chi connectivity index (χ4n) is 5.33. The first-order valence-corrected chi connectivity index (χ1v) is 8.15. The second kappa shape index (κ2) is 4.64. The predicted molar refractivity (Wildman–Crippen MR) is 82.4 cm³/mol. The third-order valence-electron chi connectivity index (χ3n) is 5.98. The van der Waals surface area contributed by atoms with Crippen molar-refractivity contribution in [1.82, 2.24) is 4.98 Å². The summed E-state index contributed by atoms with van der Waals surface area (Å²) in [5.74, 6) is 5.76. The molecule has 108 valence electrons. The SMILES string of the molecule is Cc1cnc(NCC2C3CC4CC(C3)CC2C4)c(N)c1. The molecule has 0 amide bonds. The predicted octanol–water partition coefficient (Wildman–Crippen LogP) is 3.46. The van der Waals surface area contributed by atoms with Crippen LogP contribution in [-0.4, -0.2) is 11.5 Å². The van der Waals surface area contributed by atoms with Crippen LogP contribution in [0.25, 0.3) is 0 Å². The summed E-state index contributed by atoms with van der Waals surface area (Å²) < 4.78 is 0. The van der Waals surface area contributed by atoms with Gasteiger partial charge in [0, 0.05) is 12.7 Å². The van der Waals surface area contributed by atoms with Crippen LogP contribution >= 0.6 is 0 Å². The molecule has 1 aromatic heterocycles. The van der Waals surface area contributed by atoms with E-state index in [1.165, 1.54) is 32.1 Å². The van der Waals surface area contributed by atoms with Gasteiger partial charge in [0.2, 0.25) is 0 Å². The Morgan fingerprint density at radius 1 is 1.15 bits per heavy atom. The van der Waals surface area contributed by atoms with Gasteiger partial charge in [0.15, 0.2) is 0 Å². The van der Waals surface area contributed by atoms with Crippen molar-refractivity contribution in [1.29, 1.82) is 0 Å². The van der Waals surface area contributed by atoms with Crippen LogP contribution in [0.15, 0.2) is 12.3 Å². The average Bonchev–Trinajstić information content (AvgIpc) is 2.39. The maximum atomic E-state index is 6.06. The van der Waals surface area contributed by atoms with Crippen LogP contribution in [0.2, 0.25) is 0 Å². The molecule has 20 heavy (non-hydrogen) atoms. The molecule has 4 aliphatic carbocycles. The van der Waals surface area contributed by atoms with Crippen molar-refractivity contribution in [2.24, 2.45) is 29.6 Å². The van der Waals surface area contributed by atoms with E-state index in [1.807, 2.05) is 19.2 Å². The van der Waals surface area contributed by atoms with E-state index in [-0.39, 0.29) is 0 Å². The van der Waals surface area contributed by atoms with Crippen molar-refractivity contribution < 1.29 is 0 Å². The van der Waals surface area contributed by atoms with Gasteiger partial charge in [-0.1, -0.05) is 0 Å². The molecular formula is C17H25N3. The summed E-state index contributed by atoms with van der Waals surface area (Å²) in [4.78, 5) is 4.44. The van der Waals surface area contributed by atoms with Crippen LogP contribution < -0.4 is 11.1 Å². The Hall–Kier alpha value is -1.25. The second-order valence-corrected chi connectivity index (χ2v) is 7.43. The maximum absolute atomic E-state index is 6.06. The summed E-state index contributed by atoms with van der Waals surface area (Å²) in [5, 5.41) is 3.53. The number of aromatic nitrogens is 1. The van der Waals surface area contributed by atoms with E-state index in [1.54, 1.807) is 0 Å². The Balaban J connectivity index is 1.44. The molecule has 0 atom stereocenters. The Morgan fingerprint density at radius 2 is 1.80 bits per heavy atom. The number of aryl methyl sites for hydroxylation is 1. The molecule has 4 bridgehead atoms. The van der Waals surface area contributed by atoms with Crippen molar-refractivity contribution in [3.8, 4) is 0 Å². The first-order chi connectivity index (χ1) is 9.69. The van der Waals surface area contributed by atoms with Gasteiger partial charge in [-0.2, -0.15) is 0 Å². The lowest BCUT2D eigenvalue weighted by atomic mass is 9.52. The quantitative estimate of drug-likeness (QED) is 0.885. The van der Waals surface area contributed by atoms with Gasteiger partial charge < -0.3 is 11.1 Å². The summed E-state index contributed by atoms with van der Waals surface area (Å²) in [6.45, 7) is 3.10. The molecule has 4 fully saturated rings. The minimum atomic E-state index is 0.786. The van der Waals surface area contributed by atoms with E-state index in [4.69, 9.17) is 5.73 Å². The molecule has 1 aromatic rings. The minimum absolute atomic E-state index is 0.786. The van der Waals surface area contributed by atoms with Crippen molar-refractivity contribution in [3.05, 3.63) is 17.8 Å². The smallest absolute Gasteiger partial charge is 0.149 e. The number of rotatable bonds is 3. The average molecular weight is 271 g/mol. The molecule has 4 aliphatic rings. The summed E-state index contributed by atoms with van der Waals surface area (Å²) in [6.07, 6.45) is 9.35. The topological polar surface area (TPSA) is 50.9 Å². The Morgan fingerprint density at radius 3 is 2.40 bits per heavy atom. The fraction of sp³-hybridized carbons (Fsp3) is 0.706. The highest BCUT2D eigenvalue weighted by Crippen LogP contribution is 2.56. The molecule has 1 heterocycles. The second-order valence-electron chi connectivity index (χ2n) is 7.43. The van der Waals surface area contributed by atoms with Crippen molar-refractivity contribution >= 4 is 11.5 Å². The van der Waals surface area contributed by atoms with Crippen LogP contribution in [0, 0.1) is 36.5 Å². The molecule has 0 spiro atoms. The van der Waals surface area contributed by atoms with E-state index in [2.05, 4.69) is 10.3 Å². The van der Waals surface area contributed by atoms with E-state index in [0.717, 1.165) is 53.2 Å². The molecule has 3 heteroatoms. The summed E-state index contributed by atoms with van der Waals surface area (Å²) in [7, 11) is 0. The van der Waals surface area contributed by atoms with Crippen molar-refractivity contribution in [2.75, 3.05) is 17.6 Å². The molecule has 3 nitrogen and oxygen atoms in total. The zero-order valence-corrected chi connectivity index (χ0v) is 12.3. The van der Waals surface area contributed by atoms with Gasteiger partial charge in [-0.3, -0.25) is 0 Å². The van der Waals surface area contributed by atoms with Crippen LogP contribution in [-0.2, 0) is 0 Å². The molecule has 0 saturated heterocycles. The van der Waals surface area contributed by atoms with Crippen LogP contribution in [0.4, 0.5) is 11.5 Å². The highest BCUT2D eigenvalue weighted by molar-refractivity contribution is 5.61. The molecule has 0 unspecified atom stereocenters. The molecule has 0 aliphatic heterocycles. The van der Waals surface area contributed by atoms with Gasteiger partial charge in [-0.25, -0.2) is 4.98 Å². The monoisotopic (exact) mass is 271 g/mol. The molecular weight excluding hydrogens is 246 g/mol. The van der Waals surface area contributed by atoms with Gasteiger partial charge in [-0.05, 0) is 80.2 Å². The molecule has 4 saturated carbocycles. The summed E-state index contributed by atoms with van der Waals surface area (Å²) in [6, 6.07) is 2.01. The Kier molecular flexibility index (Phi) is 2.90. The number of hydrogen-bond donors (Lipinski definition) is 2. The standard InChI is InChI=1S/C17H25N3/c1-10-2-16(18)17(19-8-10)20-9-15-13-4-11-3-12(6-13)7-14(15)5-11/h2,8,11-15H,3-7,9,18H2,1H3,(H,19,20). The normalized spacial score (nSPS) is 38.1. The number of anilines is 2. The molecule has 5 rings (SSSR count). The van der Waals surface area contributed by atoms with Gasteiger partial charge >= 0.3 is 0 Å². The maximum Gasteiger partial charge on any atom is 0.149 e. The van der Waals surface area contributed by atoms with Crippen LogP contribution in [0.3, 0.4) is 0 Å². The lowest BCUT2D eigenvalue weighted by molar-refractivity contribution is -0.0305. The zero-order valence-electron chi connectivity index (χ0n) is 12.3. The number of pyridine rings is 1. The summed E-state index contributed by atoms with van der Waals surface area (Å²) in [5.41, 5.74) is 7.97. The van der Waals surface area contributed by atoms with Crippen molar-refractivity contribution in [3.63, 3.8) is 0 Å². The Bertz CT molecular complexity index is 483. The third kappa shape index (κ3) is 2.07. The lowest BCUT2D eigenvalue weighted by Crippen LogP contribution is -2.47. The van der Waals surface area contributed by atoms with Crippen LogP contribution in [0.5, 0.6) is 0 Å². The molecule has 3 N–H and O–H groups in total. The molecule has 0 radical (unpaired) electrons. The zero-order chi connectivity index (χ0) is 13.7. The van der Waals surface area contributed by atoms with Gasteiger partial charge in [0.05, 0.1) is 5.69 Å². The van der Waals surface area contributed by atoms with Gasteiger partial charge in [-0.15, -0.1) is 0 Å². The molecule has 0 aromatic carbocycles. The fourth-order valence-corrected chi connectivity index (χ4v) is 5.33.